The first-order valence-corrected chi connectivity index (χ1v) is 6.20. The zero-order valence-corrected chi connectivity index (χ0v) is 11.0. The van der Waals surface area contributed by atoms with Crippen molar-refractivity contribution in [3.8, 4) is 0 Å². The second-order valence-corrected chi connectivity index (χ2v) is 3.99. The first-order chi connectivity index (χ1) is 9.11. The lowest BCUT2D eigenvalue weighted by Crippen LogP contribution is -2.29. The van der Waals surface area contributed by atoms with Crippen molar-refractivity contribution in [2.75, 3.05) is 18.8 Å². The largest absolute Gasteiger partial charge is 0.399 e. The van der Waals surface area contributed by atoms with Crippen LogP contribution in [0.3, 0.4) is 0 Å². The molecule has 102 valence electrons. The molecule has 0 unspecified atom stereocenters. The van der Waals surface area contributed by atoms with E-state index in [9.17, 15) is 9.59 Å². The molecule has 0 saturated carbocycles. The summed E-state index contributed by atoms with van der Waals surface area (Å²) in [5.74, 6) is -0.286. The van der Waals surface area contributed by atoms with E-state index in [1.807, 2.05) is 19.1 Å². The molecule has 4 N–H and O–H groups in total. The van der Waals surface area contributed by atoms with Crippen molar-refractivity contribution >= 4 is 23.6 Å². The number of rotatable bonds is 6. The maximum absolute atomic E-state index is 11.5. The third kappa shape index (κ3) is 6.26. The number of carbonyl (C=O) groups excluding carboxylic acids is 2. The fraction of sp³-hybridized carbons (Fsp3) is 0.286. The molecule has 0 fully saturated rings. The van der Waals surface area contributed by atoms with Crippen LogP contribution in [0.5, 0.6) is 0 Å². The summed E-state index contributed by atoms with van der Waals surface area (Å²) < 4.78 is 0. The number of hydrogen-bond donors (Lipinski definition) is 3. The fourth-order valence-corrected chi connectivity index (χ4v) is 1.42. The Kier molecular flexibility index (Phi) is 6.15. The molecular weight excluding hydrogens is 242 g/mol. The summed E-state index contributed by atoms with van der Waals surface area (Å²) in [6.45, 7) is 2.78. The first kappa shape index (κ1) is 14.8. The summed E-state index contributed by atoms with van der Waals surface area (Å²) in [6.07, 6.45) is 3.42. The molecule has 19 heavy (non-hydrogen) atoms. The summed E-state index contributed by atoms with van der Waals surface area (Å²) in [5.41, 5.74) is 7.14. The standard InChI is InChI=1S/C14H19N3O2/c1-2-16-14(19)9-10-17-13(18)8-5-11-3-6-12(15)7-4-11/h3-8H,2,9-10,15H2,1H3,(H,16,19)(H,17,18)/b8-5+. The molecule has 0 radical (unpaired) electrons. The Labute approximate surface area is 112 Å². The van der Waals surface area contributed by atoms with Crippen LogP contribution < -0.4 is 16.4 Å². The number of amides is 2. The first-order valence-electron chi connectivity index (χ1n) is 6.20. The minimum Gasteiger partial charge on any atom is -0.399 e. The average Bonchev–Trinajstić information content (AvgIpc) is 2.38. The number of benzene rings is 1. The summed E-state index contributed by atoms with van der Waals surface area (Å²) >= 11 is 0. The highest BCUT2D eigenvalue weighted by molar-refractivity contribution is 5.92. The van der Waals surface area contributed by atoms with E-state index in [1.165, 1.54) is 6.08 Å². The molecule has 0 aliphatic heterocycles. The molecule has 0 aliphatic carbocycles. The van der Waals surface area contributed by atoms with E-state index in [1.54, 1.807) is 18.2 Å². The van der Waals surface area contributed by atoms with E-state index in [0.717, 1.165) is 5.56 Å². The summed E-state index contributed by atoms with van der Waals surface area (Å²) in [7, 11) is 0. The molecule has 0 bridgehead atoms. The van der Waals surface area contributed by atoms with Crippen LogP contribution in [0.25, 0.3) is 6.08 Å². The molecule has 1 aromatic carbocycles. The Morgan fingerprint density at radius 2 is 1.89 bits per heavy atom. The van der Waals surface area contributed by atoms with Gasteiger partial charge in [-0.15, -0.1) is 0 Å². The van der Waals surface area contributed by atoms with Gasteiger partial charge in [-0.05, 0) is 30.7 Å². The van der Waals surface area contributed by atoms with E-state index in [-0.39, 0.29) is 18.2 Å². The zero-order valence-electron chi connectivity index (χ0n) is 11.0. The Morgan fingerprint density at radius 1 is 1.21 bits per heavy atom. The lowest BCUT2D eigenvalue weighted by molar-refractivity contribution is -0.121. The van der Waals surface area contributed by atoms with Gasteiger partial charge in [0, 0.05) is 31.3 Å². The van der Waals surface area contributed by atoms with Gasteiger partial charge in [0.15, 0.2) is 0 Å². The van der Waals surface area contributed by atoms with Crippen LogP contribution in [0.15, 0.2) is 30.3 Å². The minimum absolute atomic E-state index is 0.0645. The van der Waals surface area contributed by atoms with E-state index in [2.05, 4.69) is 10.6 Å². The number of nitrogens with two attached hydrogens (primary N) is 1. The van der Waals surface area contributed by atoms with Crippen LogP contribution in [0.4, 0.5) is 5.69 Å². The zero-order chi connectivity index (χ0) is 14.1. The average molecular weight is 261 g/mol. The van der Waals surface area contributed by atoms with Crippen molar-refractivity contribution in [1.29, 1.82) is 0 Å². The van der Waals surface area contributed by atoms with Crippen molar-refractivity contribution in [3.05, 3.63) is 35.9 Å². The lowest BCUT2D eigenvalue weighted by atomic mass is 10.2. The maximum atomic E-state index is 11.5. The number of hydrogen-bond acceptors (Lipinski definition) is 3. The quantitative estimate of drug-likeness (QED) is 0.526. The third-order valence-electron chi connectivity index (χ3n) is 2.39. The second-order valence-electron chi connectivity index (χ2n) is 3.99. The van der Waals surface area contributed by atoms with E-state index >= 15 is 0 Å². The number of anilines is 1. The Bertz CT molecular complexity index is 452. The van der Waals surface area contributed by atoms with Crippen molar-refractivity contribution in [1.82, 2.24) is 10.6 Å². The SMILES string of the molecule is CCNC(=O)CCNC(=O)/C=C/c1ccc(N)cc1. The van der Waals surface area contributed by atoms with Crippen molar-refractivity contribution in [2.24, 2.45) is 0 Å². The number of carbonyl (C=O) groups is 2. The normalized spacial score (nSPS) is 10.4. The van der Waals surface area contributed by atoms with Gasteiger partial charge in [-0.25, -0.2) is 0 Å². The van der Waals surface area contributed by atoms with Gasteiger partial charge in [-0.1, -0.05) is 12.1 Å². The third-order valence-corrected chi connectivity index (χ3v) is 2.39. The number of nitrogens with one attached hydrogen (secondary N) is 2. The Hall–Kier alpha value is -2.30. The van der Waals surface area contributed by atoms with Gasteiger partial charge in [0.1, 0.15) is 0 Å². The molecule has 0 saturated heterocycles. The predicted molar refractivity (Wildman–Crippen MR) is 76.2 cm³/mol. The highest BCUT2D eigenvalue weighted by Gasteiger charge is 2.00. The highest BCUT2D eigenvalue weighted by atomic mass is 16.2. The summed E-state index contributed by atoms with van der Waals surface area (Å²) in [4.78, 5) is 22.6. The van der Waals surface area contributed by atoms with E-state index < -0.39 is 0 Å². The van der Waals surface area contributed by atoms with Crippen LogP contribution >= 0.6 is 0 Å². The molecule has 5 heteroatoms. The van der Waals surface area contributed by atoms with Gasteiger partial charge in [0.2, 0.25) is 11.8 Å². The molecule has 0 heterocycles. The Balaban J connectivity index is 2.31. The van der Waals surface area contributed by atoms with Crippen molar-refractivity contribution in [2.45, 2.75) is 13.3 Å². The molecule has 0 aromatic heterocycles. The van der Waals surface area contributed by atoms with Gasteiger partial charge >= 0.3 is 0 Å². The van der Waals surface area contributed by atoms with Gasteiger partial charge < -0.3 is 16.4 Å². The Morgan fingerprint density at radius 3 is 2.53 bits per heavy atom. The van der Waals surface area contributed by atoms with E-state index in [4.69, 9.17) is 5.73 Å². The van der Waals surface area contributed by atoms with Crippen molar-refractivity contribution in [3.63, 3.8) is 0 Å². The predicted octanol–water partition coefficient (Wildman–Crippen LogP) is 0.924. The fourth-order valence-electron chi connectivity index (χ4n) is 1.42. The lowest BCUT2D eigenvalue weighted by Gasteiger charge is -2.02. The van der Waals surface area contributed by atoms with Crippen LogP contribution in [-0.4, -0.2) is 24.9 Å². The summed E-state index contributed by atoms with van der Waals surface area (Å²) in [6, 6.07) is 7.20. The highest BCUT2D eigenvalue weighted by Crippen LogP contribution is 2.06. The number of nitrogen functional groups attached to an aromatic ring is 1. The minimum atomic E-state index is -0.221. The maximum Gasteiger partial charge on any atom is 0.244 e. The smallest absolute Gasteiger partial charge is 0.244 e. The second kappa shape index (κ2) is 7.92. The van der Waals surface area contributed by atoms with Crippen LogP contribution in [0, 0.1) is 0 Å². The molecule has 0 spiro atoms. The topological polar surface area (TPSA) is 84.2 Å². The molecule has 5 nitrogen and oxygen atoms in total. The molecular formula is C14H19N3O2. The van der Waals surface area contributed by atoms with Gasteiger partial charge in [-0.3, -0.25) is 9.59 Å². The van der Waals surface area contributed by atoms with Gasteiger partial charge in [0.25, 0.3) is 0 Å². The molecule has 0 aliphatic rings. The van der Waals surface area contributed by atoms with Gasteiger partial charge in [-0.2, -0.15) is 0 Å². The van der Waals surface area contributed by atoms with Crippen LogP contribution in [0.1, 0.15) is 18.9 Å². The van der Waals surface area contributed by atoms with Gasteiger partial charge in [0.05, 0.1) is 0 Å². The molecule has 0 atom stereocenters. The monoisotopic (exact) mass is 261 g/mol. The van der Waals surface area contributed by atoms with Crippen molar-refractivity contribution < 1.29 is 9.59 Å². The molecule has 1 aromatic rings. The molecule has 2 amide bonds. The molecule has 1 rings (SSSR count). The van der Waals surface area contributed by atoms with Crippen LogP contribution in [-0.2, 0) is 9.59 Å². The van der Waals surface area contributed by atoms with E-state index in [0.29, 0.717) is 18.8 Å². The summed E-state index contributed by atoms with van der Waals surface area (Å²) in [5, 5.41) is 5.30. The van der Waals surface area contributed by atoms with Crippen LogP contribution in [0.2, 0.25) is 0 Å².